The van der Waals surface area contributed by atoms with E-state index in [-0.39, 0.29) is 18.1 Å². The molecule has 7 nitrogen and oxygen atoms in total. The predicted molar refractivity (Wildman–Crippen MR) is 113 cm³/mol. The number of carbonyl (C=O) groups is 2. The van der Waals surface area contributed by atoms with Crippen LogP contribution in [0.15, 0.2) is 54.1 Å². The van der Waals surface area contributed by atoms with Gasteiger partial charge in [-0.15, -0.1) is 0 Å². The number of anilines is 1. The van der Waals surface area contributed by atoms with E-state index >= 15 is 0 Å². The van der Waals surface area contributed by atoms with Gasteiger partial charge in [0.1, 0.15) is 23.1 Å². The lowest BCUT2D eigenvalue weighted by Gasteiger charge is -2.16. The Morgan fingerprint density at radius 1 is 1.17 bits per heavy atom. The maximum absolute atomic E-state index is 12.6. The Labute approximate surface area is 175 Å². The monoisotopic (exact) mass is 405 g/mol. The Morgan fingerprint density at radius 2 is 1.93 bits per heavy atom. The fourth-order valence-corrected chi connectivity index (χ4v) is 3.13. The highest BCUT2D eigenvalue weighted by Crippen LogP contribution is 2.23. The topological polar surface area (TPSA) is 91.7 Å². The summed E-state index contributed by atoms with van der Waals surface area (Å²) in [5.74, 6) is 0.417. The van der Waals surface area contributed by atoms with Crippen molar-refractivity contribution in [3.8, 4) is 17.6 Å². The zero-order chi connectivity index (χ0) is 21.3. The van der Waals surface area contributed by atoms with Gasteiger partial charge in [-0.25, -0.2) is 0 Å². The standard InChI is InChI=1S/C23H23N3O4/c1-29-20-9-6-8-19(14-20)25-23(28)18(15-24)13-17-7-2-3-10-21(17)30-16-22(27)26-11-4-5-12-26/h2-3,6-10,13-14H,4-5,11-12,16H2,1H3,(H,25,28)/b18-13+. The number of ether oxygens (including phenoxy) is 2. The number of hydrogen-bond donors (Lipinski definition) is 1. The molecule has 0 radical (unpaired) electrons. The van der Waals surface area contributed by atoms with E-state index in [9.17, 15) is 14.9 Å². The van der Waals surface area contributed by atoms with Gasteiger partial charge >= 0.3 is 0 Å². The fourth-order valence-electron chi connectivity index (χ4n) is 3.13. The molecule has 2 aromatic rings. The molecule has 0 spiro atoms. The predicted octanol–water partition coefficient (Wildman–Crippen LogP) is 3.24. The summed E-state index contributed by atoms with van der Waals surface area (Å²) in [5, 5.41) is 12.2. The number of rotatable bonds is 7. The minimum atomic E-state index is -0.548. The lowest BCUT2D eigenvalue weighted by Crippen LogP contribution is -2.32. The van der Waals surface area contributed by atoms with Crippen molar-refractivity contribution >= 4 is 23.6 Å². The third kappa shape index (κ3) is 5.39. The molecular formula is C23H23N3O4. The van der Waals surface area contributed by atoms with E-state index in [1.807, 2.05) is 6.07 Å². The van der Waals surface area contributed by atoms with Crippen molar-refractivity contribution in [2.75, 3.05) is 32.1 Å². The summed E-state index contributed by atoms with van der Waals surface area (Å²) in [6.07, 6.45) is 3.48. The number of methoxy groups -OCH3 is 1. The fraction of sp³-hybridized carbons (Fsp3) is 0.261. The van der Waals surface area contributed by atoms with Gasteiger partial charge in [0, 0.05) is 30.4 Å². The van der Waals surface area contributed by atoms with Crippen molar-refractivity contribution in [1.82, 2.24) is 4.90 Å². The van der Waals surface area contributed by atoms with Crippen LogP contribution in [0.1, 0.15) is 18.4 Å². The molecule has 0 unspecified atom stereocenters. The number of benzene rings is 2. The first-order chi connectivity index (χ1) is 14.6. The number of carbonyl (C=O) groups excluding carboxylic acids is 2. The van der Waals surface area contributed by atoms with Gasteiger partial charge < -0.3 is 19.7 Å². The number of likely N-dealkylation sites (tertiary alicyclic amines) is 1. The van der Waals surface area contributed by atoms with Crippen LogP contribution in [0, 0.1) is 11.3 Å². The highest BCUT2D eigenvalue weighted by atomic mass is 16.5. The molecule has 0 aliphatic carbocycles. The zero-order valence-corrected chi connectivity index (χ0v) is 16.8. The second kappa shape index (κ2) is 10.1. The molecule has 0 bridgehead atoms. The summed E-state index contributed by atoms with van der Waals surface area (Å²) < 4.78 is 10.8. The van der Waals surface area contributed by atoms with Crippen molar-refractivity contribution in [3.05, 3.63) is 59.7 Å². The maximum atomic E-state index is 12.6. The van der Waals surface area contributed by atoms with Gasteiger partial charge in [0.2, 0.25) is 0 Å². The Kier molecular flexibility index (Phi) is 7.06. The van der Waals surface area contributed by atoms with Crippen molar-refractivity contribution in [2.24, 2.45) is 0 Å². The molecule has 2 amide bonds. The largest absolute Gasteiger partial charge is 0.497 e. The lowest BCUT2D eigenvalue weighted by molar-refractivity contribution is -0.132. The van der Waals surface area contributed by atoms with Crippen LogP contribution in [-0.2, 0) is 9.59 Å². The SMILES string of the molecule is COc1cccc(NC(=O)/C(C#N)=C/c2ccccc2OCC(=O)N2CCCC2)c1. The van der Waals surface area contributed by atoms with E-state index in [2.05, 4.69) is 5.32 Å². The summed E-state index contributed by atoms with van der Waals surface area (Å²) in [6.45, 7) is 1.43. The third-order valence-corrected chi connectivity index (χ3v) is 4.72. The van der Waals surface area contributed by atoms with Gasteiger partial charge in [0.15, 0.2) is 6.61 Å². The smallest absolute Gasteiger partial charge is 0.266 e. The average Bonchev–Trinajstić information content (AvgIpc) is 3.31. The summed E-state index contributed by atoms with van der Waals surface area (Å²) in [7, 11) is 1.53. The van der Waals surface area contributed by atoms with E-state index in [0.29, 0.717) is 22.7 Å². The van der Waals surface area contributed by atoms with Crippen LogP contribution in [0.3, 0.4) is 0 Å². The number of hydrogen-bond acceptors (Lipinski definition) is 5. The molecule has 1 saturated heterocycles. The molecule has 0 saturated carbocycles. The normalized spacial score (nSPS) is 13.5. The average molecular weight is 405 g/mol. The molecule has 7 heteroatoms. The first kappa shape index (κ1) is 20.9. The lowest BCUT2D eigenvalue weighted by atomic mass is 10.1. The first-order valence-electron chi connectivity index (χ1n) is 9.67. The second-order valence-corrected chi connectivity index (χ2v) is 6.77. The van der Waals surface area contributed by atoms with Gasteiger partial charge in [-0.05, 0) is 37.1 Å². The molecule has 1 aliphatic rings. The van der Waals surface area contributed by atoms with Crippen LogP contribution in [0.5, 0.6) is 11.5 Å². The third-order valence-electron chi connectivity index (χ3n) is 4.72. The minimum absolute atomic E-state index is 0.0671. The van der Waals surface area contributed by atoms with Gasteiger partial charge in [0.05, 0.1) is 7.11 Å². The Hall–Kier alpha value is -3.79. The number of nitrogens with one attached hydrogen (secondary N) is 1. The first-order valence-corrected chi connectivity index (χ1v) is 9.67. The van der Waals surface area contributed by atoms with Crippen molar-refractivity contribution < 1.29 is 19.1 Å². The Bertz CT molecular complexity index is 988. The Balaban J connectivity index is 1.72. The van der Waals surface area contributed by atoms with Crippen LogP contribution in [-0.4, -0.2) is 43.5 Å². The van der Waals surface area contributed by atoms with Crippen LogP contribution in [0.4, 0.5) is 5.69 Å². The molecule has 3 rings (SSSR count). The van der Waals surface area contributed by atoms with E-state index in [1.165, 1.54) is 13.2 Å². The number of nitrogens with zero attached hydrogens (tertiary/aromatic N) is 2. The second-order valence-electron chi connectivity index (χ2n) is 6.77. The molecular weight excluding hydrogens is 382 g/mol. The van der Waals surface area contributed by atoms with E-state index < -0.39 is 5.91 Å². The van der Waals surface area contributed by atoms with Gasteiger partial charge in [-0.1, -0.05) is 24.3 Å². The van der Waals surface area contributed by atoms with Crippen LogP contribution >= 0.6 is 0 Å². The molecule has 1 N–H and O–H groups in total. The highest BCUT2D eigenvalue weighted by Gasteiger charge is 2.19. The molecule has 2 aromatic carbocycles. The summed E-state index contributed by atoms with van der Waals surface area (Å²) in [5.41, 5.74) is 0.977. The van der Waals surface area contributed by atoms with Crippen molar-refractivity contribution in [2.45, 2.75) is 12.8 Å². The van der Waals surface area contributed by atoms with Crippen molar-refractivity contribution in [1.29, 1.82) is 5.26 Å². The van der Waals surface area contributed by atoms with Crippen molar-refractivity contribution in [3.63, 3.8) is 0 Å². The summed E-state index contributed by atoms with van der Waals surface area (Å²) >= 11 is 0. The molecule has 1 fully saturated rings. The number of amides is 2. The van der Waals surface area contributed by atoms with Crippen LogP contribution < -0.4 is 14.8 Å². The number of nitriles is 1. The molecule has 1 heterocycles. The number of para-hydroxylation sites is 1. The molecule has 154 valence electrons. The maximum Gasteiger partial charge on any atom is 0.266 e. The highest BCUT2D eigenvalue weighted by molar-refractivity contribution is 6.09. The van der Waals surface area contributed by atoms with E-state index in [4.69, 9.17) is 9.47 Å². The Morgan fingerprint density at radius 3 is 2.67 bits per heavy atom. The van der Waals surface area contributed by atoms with Gasteiger partial charge in [0.25, 0.3) is 11.8 Å². The summed E-state index contributed by atoms with van der Waals surface area (Å²) in [4.78, 5) is 26.6. The molecule has 1 aliphatic heterocycles. The van der Waals surface area contributed by atoms with Gasteiger partial charge in [-0.2, -0.15) is 5.26 Å². The van der Waals surface area contributed by atoms with E-state index in [0.717, 1.165) is 25.9 Å². The quantitative estimate of drug-likeness (QED) is 0.564. The van der Waals surface area contributed by atoms with Crippen LogP contribution in [0.2, 0.25) is 0 Å². The molecule has 0 atom stereocenters. The van der Waals surface area contributed by atoms with Crippen LogP contribution in [0.25, 0.3) is 6.08 Å². The molecule has 0 aromatic heterocycles. The zero-order valence-electron chi connectivity index (χ0n) is 16.8. The summed E-state index contributed by atoms with van der Waals surface area (Å²) in [6, 6.07) is 15.8. The molecule has 30 heavy (non-hydrogen) atoms. The van der Waals surface area contributed by atoms with Gasteiger partial charge in [-0.3, -0.25) is 9.59 Å². The minimum Gasteiger partial charge on any atom is -0.497 e. The van der Waals surface area contributed by atoms with E-state index in [1.54, 1.807) is 53.4 Å².